The smallest absolute Gasteiger partial charge is 0.223 e. The van der Waals surface area contributed by atoms with Crippen molar-refractivity contribution < 1.29 is 9.53 Å². The van der Waals surface area contributed by atoms with Crippen molar-refractivity contribution in [3.05, 3.63) is 0 Å². The van der Waals surface area contributed by atoms with Gasteiger partial charge in [-0.15, -0.1) is 0 Å². The Bertz CT molecular complexity index is 296. The minimum atomic E-state index is 0.0897. The van der Waals surface area contributed by atoms with E-state index in [1.807, 2.05) is 0 Å². The van der Waals surface area contributed by atoms with Crippen LogP contribution in [0.15, 0.2) is 0 Å². The molecule has 2 aliphatic carbocycles. The summed E-state index contributed by atoms with van der Waals surface area (Å²) in [4.78, 5) is 12.3. The van der Waals surface area contributed by atoms with Crippen molar-refractivity contribution in [2.75, 3.05) is 7.11 Å². The van der Waals surface area contributed by atoms with Gasteiger partial charge in [-0.05, 0) is 38.0 Å². The molecule has 104 valence electrons. The first kappa shape index (κ1) is 13.8. The van der Waals surface area contributed by atoms with Gasteiger partial charge in [-0.2, -0.15) is 0 Å². The summed E-state index contributed by atoms with van der Waals surface area (Å²) >= 11 is 0. The van der Waals surface area contributed by atoms with E-state index in [4.69, 9.17) is 10.5 Å². The lowest BCUT2D eigenvalue weighted by Gasteiger charge is -2.34. The van der Waals surface area contributed by atoms with Crippen LogP contribution in [0.2, 0.25) is 0 Å². The predicted molar refractivity (Wildman–Crippen MR) is 71.1 cm³/mol. The first-order valence-corrected chi connectivity index (χ1v) is 7.22. The number of hydrogen-bond acceptors (Lipinski definition) is 3. The Morgan fingerprint density at radius 1 is 1.22 bits per heavy atom. The van der Waals surface area contributed by atoms with Gasteiger partial charge >= 0.3 is 0 Å². The largest absolute Gasteiger partial charge is 0.379 e. The number of carbonyl (C=O) groups excluding carboxylic acids is 1. The molecule has 5 unspecified atom stereocenters. The molecule has 2 fully saturated rings. The third-order valence-electron chi connectivity index (χ3n) is 4.78. The van der Waals surface area contributed by atoms with Gasteiger partial charge in [-0.25, -0.2) is 0 Å². The number of ether oxygens (including phenoxy) is 1. The average molecular weight is 254 g/mol. The number of hydrogen-bond donors (Lipinski definition) is 2. The van der Waals surface area contributed by atoms with Crippen molar-refractivity contribution in [3.8, 4) is 0 Å². The van der Waals surface area contributed by atoms with Gasteiger partial charge in [-0.1, -0.05) is 13.3 Å². The maximum atomic E-state index is 12.3. The fourth-order valence-electron chi connectivity index (χ4n) is 3.43. The fourth-order valence-corrected chi connectivity index (χ4v) is 3.43. The van der Waals surface area contributed by atoms with Crippen molar-refractivity contribution in [2.45, 2.75) is 63.6 Å². The number of nitrogens with one attached hydrogen (secondary N) is 1. The molecule has 2 rings (SSSR count). The van der Waals surface area contributed by atoms with E-state index in [9.17, 15) is 4.79 Å². The van der Waals surface area contributed by atoms with Gasteiger partial charge in [-0.3, -0.25) is 4.79 Å². The zero-order valence-electron chi connectivity index (χ0n) is 11.5. The standard InChI is InChI=1S/C14H26N2O2/c1-9-10(5-3-6-11(9)15)14(17)16-12-7-4-8-13(12)18-2/h9-13H,3-8,15H2,1-2H3,(H,16,17). The molecule has 0 aliphatic heterocycles. The van der Waals surface area contributed by atoms with E-state index in [1.54, 1.807) is 7.11 Å². The minimum Gasteiger partial charge on any atom is -0.379 e. The van der Waals surface area contributed by atoms with Gasteiger partial charge < -0.3 is 15.8 Å². The third-order valence-corrected chi connectivity index (χ3v) is 4.78. The molecule has 0 spiro atoms. The number of carbonyl (C=O) groups is 1. The van der Waals surface area contributed by atoms with Crippen molar-refractivity contribution in [1.29, 1.82) is 0 Å². The highest BCUT2D eigenvalue weighted by molar-refractivity contribution is 5.79. The molecule has 3 N–H and O–H groups in total. The highest BCUT2D eigenvalue weighted by atomic mass is 16.5. The van der Waals surface area contributed by atoms with Crippen LogP contribution in [-0.2, 0) is 9.53 Å². The average Bonchev–Trinajstić information content (AvgIpc) is 2.79. The van der Waals surface area contributed by atoms with Gasteiger partial charge in [0.1, 0.15) is 0 Å². The Hall–Kier alpha value is -0.610. The zero-order chi connectivity index (χ0) is 13.1. The highest BCUT2D eigenvalue weighted by Gasteiger charge is 2.35. The van der Waals surface area contributed by atoms with Crippen LogP contribution in [0.25, 0.3) is 0 Å². The van der Waals surface area contributed by atoms with Crippen LogP contribution in [0.1, 0.15) is 45.4 Å². The van der Waals surface area contributed by atoms with Crippen molar-refractivity contribution in [3.63, 3.8) is 0 Å². The second-order valence-electron chi connectivity index (χ2n) is 5.88. The molecule has 0 aromatic heterocycles. The summed E-state index contributed by atoms with van der Waals surface area (Å²) in [5, 5.41) is 3.18. The summed E-state index contributed by atoms with van der Waals surface area (Å²) in [6.45, 7) is 2.11. The third kappa shape index (κ3) is 2.86. The van der Waals surface area contributed by atoms with Crippen LogP contribution >= 0.6 is 0 Å². The van der Waals surface area contributed by atoms with Gasteiger partial charge in [0.05, 0.1) is 12.1 Å². The highest BCUT2D eigenvalue weighted by Crippen LogP contribution is 2.30. The molecule has 5 atom stereocenters. The summed E-state index contributed by atoms with van der Waals surface area (Å²) in [5.41, 5.74) is 6.06. The van der Waals surface area contributed by atoms with Crippen LogP contribution in [0.4, 0.5) is 0 Å². The Balaban J connectivity index is 1.90. The summed E-state index contributed by atoms with van der Waals surface area (Å²) in [6.07, 6.45) is 6.53. The van der Waals surface area contributed by atoms with Crippen LogP contribution in [0, 0.1) is 11.8 Å². The SMILES string of the molecule is COC1CCCC1NC(=O)C1CCCC(N)C1C. The van der Waals surface area contributed by atoms with E-state index in [2.05, 4.69) is 12.2 Å². The van der Waals surface area contributed by atoms with E-state index >= 15 is 0 Å². The molecule has 0 aromatic rings. The predicted octanol–water partition coefficient (Wildman–Crippen LogP) is 1.43. The molecular formula is C14H26N2O2. The van der Waals surface area contributed by atoms with Gasteiger partial charge in [0.15, 0.2) is 0 Å². The molecule has 1 amide bonds. The van der Waals surface area contributed by atoms with Crippen LogP contribution < -0.4 is 11.1 Å². The van der Waals surface area contributed by atoms with Crippen molar-refractivity contribution >= 4 is 5.91 Å². The van der Waals surface area contributed by atoms with Crippen LogP contribution in [-0.4, -0.2) is 31.2 Å². The van der Waals surface area contributed by atoms with E-state index in [0.29, 0.717) is 5.92 Å². The summed E-state index contributed by atoms with van der Waals surface area (Å²) < 4.78 is 5.42. The van der Waals surface area contributed by atoms with E-state index < -0.39 is 0 Å². The maximum absolute atomic E-state index is 12.3. The van der Waals surface area contributed by atoms with E-state index in [0.717, 1.165) is 38.5 Å². The minimum absolute atomic E-state index is 0.0897. The van der Waals surface area contributed by atoms with Gasteiger partial charge in [0.2, 0.25) is 5.91 Å². The van der Waals surface area contributed by atoms with Crippen LogP contribution in [0.5, 0.6) is 0 Å². The summed E-state index contributed by atoms with van der Waals surface area (Å²) in [5.74, 6) is 0.569. The first-order valence-electron chi connectivity index (χ1n) is 7.22. The van der Waals surface area contributed by atoms with E-state index in [1.165, 1.54) is 0 Å². The van der Waals surface area contributed by atoms with E-state index in [-0.39, 0.29) is 30.0 Å². The van der Waals surface area contributed by atoms with Gasteiger partial charge in [0.25, 0.3) is 0 Å². The zero-order valence-corrected chi connectivity index (χ0v) is 11.5. The Morgan fingerprint density at radius 2 is 1.94 bits per heavy atom. The number of rotatable bonds is 3. The summed E-state index contributed by atoms with van der Waals surface area (Å²) in [6, 6.07) is 0.379. The molecule has 18 heavy (non-hydrogen) atoms. The molecule has 0 saturated heterocycles. The molecule has 4 nitrogen and oxygen atoms in total. The molecule has 0 aromatic carbocycles. The Kier molecular flexibility index (Phi) is 4.62. The molecule has 0 bridgehead atoms. The quantitative estimate of drug-likeness (QED) is 0.801. The molecular weight excluding hydrogens is 228 g/mol. The van der Waals surface area contributed by atoms with Crippen molar-refractivity contribution in [2.24, 2.45) is 17.6 Å². The molecule has 0 heterocycles. The monoisotopic (exact) mass is 254 g/mol. The maximum Gasteiger partial charge on any atom is 0.223 e. The topological polar surface area (TPSA) is 64.3 Å². The molecule has 2 aliphatic rings. The lowest BCUT2D eigenvalue weighted by atomic mass is 9.77. The summed E-state index contributed by atoms with van der Waals surface area (Å²) in [7, 11) is 1.73. The van der Waals surface area contributed by atoms with Gasteiger partial charge in [0, 0.05) is 19.1 Å². The number of methoxy groups -OCH3 is 1. The number of nitrogens with two attached hydrogens (primary N) is 1. The molecule has 4 heteroatoms. The van der Waals surface area contributed by atoms with Crippen molar-refractivity contribution in [1.82, 2.24) is 5.32 Å². The lowest BCUT2D eigenvalue weighted by molar-refractivity contribution is -0.129. The Labute approximate surface area is 110 Å². The van der Waals surface area contributed by atoms with Crippen LogP contribution in [0.3, 0.4) is 0 Å². The number of amides is 1. The second kappa shape index (κ2) is 6.02. The normalized spacial score (nSPS) is 40.7. The fraction of sp³-hybridized carbons (Fsp3) is 0.929. The molecule has 0 radical (unpaired) electrons. The second-order valence-corrected chi connectivity index (χ2v) is 5.88. The lowest BCUT2D eigenvalue weighted by Crippen LogP contribution is -2.48. The molecule has 2 saturated carbocycles. The Morgan fingerprint density at radius 3 is 2.67 bits per heavy atom. The first-order chi connectivity index (χ1) is 8.63.